The second kappa shape index (κ2) is 13.5. The molecule has 0 saturated heterocycles. The predicted molar refractivity (Wildman–Crippen MR) is 136 cm³/mol. The number of urea groups is 1. The van der Waals surface area contributed by atoms with E-state index in [0.29, 0.717) is 11.3 Å². The highest BCUT2D eigenvalue weighted by Crippen LogP contribution is 2.20. The molecule has 0 spiro atoms. The Balaban J connectivity index is 3.02. The van der Waals surface area contributed by atoms with Crippen molar-refractivity contribution >= 4 is 45.6 Å². The standard InChI is InChI=1S/C23H37N5O9S/c1-13(2)18(21(33)26-14(19(31)23(3,4)5)7-6-11-25-22(24)34)27-20(32)15(38(35,36)37)10-12-28-16(29)8-9-17(28)30/h8-9,13-15,18H,6-7,10-12H2,1-5H3,(H,26,33)(H,27,32)(H3,24,25,34)(H,35,36,37)/t14-,15-,18?/m0/s1. The molecule has 0 aromatic carbocycles. The van der Waals surface area contributed by atoms with Gasteiger partial charge in [-0.25, -0.2) is 4.79 Å². The summed E-state index contributed by atoms with van der Waals surface area (Å²) in [6.07, 6.45) is 1.84. The quantitative estimate of drug-likeness (QED) is 0.102. The molecule has 6 amide bonds. The molecule has 214 valence electrons. The van der Waals surface area contributed by atoms with Crippen LogP contribution in [0, 0.1) is 11.3 Å². The molecule has 0 aliphatic carbocycles. The van der Waals surface area contributed by atoms with Crippen LogP contribution in [0.2, 0.25) is 0 Å². The number of rotatable bonds is 14. The van der Waals surface area contributed by atoms with E-state index >= 15 is 0 Å². The molecule has 1 unspecified atom stereocenters. The summed E-state index contributed by atoms with van der Waals surface area (Å²) in [5.74, 6) is -4.22. The van der Waals surface area contributed by atoms with Gasteiger partial charge in [-0.3, -0.25) is 33.4 Å². The SMILES string of the molecule is CC(C)C(NC(=O)[C@H](CCN1C(=O)C=CC1=O)S(=O)(=O)O)C(=O)N[C@@H](CCCNC(N)=O)C(=O)C(C)(C)C. The van der Waals surface area contributed by atoms with E-state index < -0.39 is 81.4 Å². The Hall–Kier alpha value is -3.33. The molecular weight excluding hydrogens is 522 g/mol. The fraction of sp³-hybridized carbons (Fsp3) is 0.652. The van der Waals surface area contributed by atoms with Gasteiger partial charge in [-0.15, -0.1) is 0 Å². The van der Waals surface area contributed by atoms with Crippen molar-refractivity contribution < 1.29 is 41.7 Å². The van der Waals surface area contributed by atoms with Crippen LogP contribution in [-0.4, -0.2) is 83.7 Å². The van der Waals surface area contributed by atoms with Crippen molar-refractivity contribution in [3.05, 3.63) is 12.2 Å². The normalized spacial score (nSPS) is 16.2. The van der Waals surface area contributed by atoms with Gasteiger partial charge in [-0.1, -0.05) is 34.6 Å². The fourth-order valence-corrected chi connectivity index (χ4v) is 4.41. The topological polar surface area (TPSA) is 222 Å². The average Bonchev–Trinajstić information content (AvgIpc) is 3.09. The Morgan fingerprint density at radius 2 is 1.55 bits per heavy atom. The maximum Gasteiger partial charge on any atom is 0.312 e. The monoisotopic (exact) mass is 559 g/mol. The Morgan fingerprint density at radius 3 is 2.00 bits per heavy atom. The molecule has 0 saturated carbocycles. The maximum absolute atomic E-state index is 13.1. The number of primary amides is 1. The maximum atomic E-state index is 13.1. The molecule has 15 heteroatoms. The van der Waals surface area contributed by atoms with E-state index in [4.69, 9.17) is 5.73 Å². The molecule has 1 aliphatic heterocycles. The Morgan fingerprint density at radius 1 is 1.00 bits per heavy atom. The third-order valence-electron chi connectivity index (χ3n) is 5.76. The van der Waals surface area contributed by atoms with Gasteiger partial charge in [0.25, 0.3) is 21.9 Å². The lowest BCUT2D eigenvalue weighted by Crippen LogP contribution is -2.57. The van der Waals surface area contributed by atoms with Crippen molar-refractivity contribution in [1.29, 1.82) is 0 Å². The zero-order valence-corrected chi connectivity index (χ0v) is 23.0. The summed E-state index contributed by atoms with van der Waals surface area (Å²) < 4.78 is 33.5. The van der Waals surface area contributed by atoms with Crippen LogP contribution < -0.4 is 21.7 Å². The van der Waals surface area contributed by atoms with E-state index in [1.54, 1.807) is 34.6 Å². The van der Waals surface area contributed by atoms with Crippen molar-refractivity contribution in [2.24, 2.45) is 17.1 Å². The van der Waals surface area contributed by atoms with Crippen LogP contribution in [0.4, 0.5) is 4.79 Å². The van der Waals surface area contributed by atoms with Gasteiger partial charge >= 0.3 is 6.03 Å². The van der Waals surface area contributed by atoms with Crippen LogP contribution in [-0.2, 0) is 34.1 Å². The summed E-state index contributed by atoms with van der Waals surface area (Å²) in [4.78, 5) is 74.0. The largest absolute Gasteiger partial charge is 0.352 e. The lowest BCUT2D eigenvalue weighted by Gasteiger charge is -2.29. The van der Waals surface area contributed by atoms with E-state index in [1.807, 2.05) is 0 Å². The van der Waals surface area contributed by atoms with Crippen LogP contribution in [0.1, 0.15) is 53.9 Å². The van der Waals surface area contributed by atoms with Gasteiger partial charge < -0.3 is 21.7 Å². The molecule has 0 aromatic heterocycles. The number of ketones is 1. The third kappa shape index (κ3) is 9.85. The highest BCUT2D eigenvalue weighted by atomic mass is 32.2. The minimum atomic E-state index is -4.98. The second-order valence-electron chi connectivity index (χ2n) is 10.3. The number of amides is 6. The summed E-state index contributed by atoms with van der Waals surface area (Å²) in [7, 11) is -4.98. The number of hydrogen-bond donors (Lipinski definition) is 5. The highest BCUT2D eigenvalue weighted by molar-refractivity contribution is 7.87. The highest BCUT2D eigenvalue weighted by Gasteiger charge is 2.38. The molecule has 0 radical (unpaired) electrons. The summed E-state index contributed by atoms with van der Waals surface area (Å²) in [5.41, 5.74) is 4.20. The number of imide groups is 1. The Labute approximate surface area is 221 Å². The van der Waals surface area contributed by atoms with Crippen molar-refractivity contribution in [3.63, 3.8) is 0 Å². The first-order chi connectivity index (χ1) is 17.4. The van der Waals surface area contributed by atoms with E-state index in [1.165, 1.54) is 0 Å². The number of nitrogens with zero attached hydrogens (tertiary/aromatic N) is 1. The number of carbonyl (C=O) groups excluding carboxylic acids is 6. The van der Waals surface area contributed by atoms with E-state index in [-0.39, 0.29) is 18.7 Å². The van der Waals surface area contributed by atoms with Crippen LogP contribution in [0.15, 0.2) is 12.2 Å². The van der Waals surface area contributed by atoms with Crippen molar-refractivity contribution in [1.82, 2.24) is 20.9 Å². The molecule has 1 heterocycles. The Bertz CT molecular complexity index is 1060. The van der Waals surface area contributed by atoms with Crippen LogP contribution >= 0.6 is 0 Å². The van der Waals surface area contributed by atoms with Gasteiger partial charge in [0.15, 0.2) is 11.0 Å². The first-order valence-electron chi connectivity index (χ1n) is 12.0. The number of nitrogens with one attached hydrogen (secondary N) is 3. The molecule has 14 nitrogen and oxygen atoms in total. The van der Waals surface area contributed by atoms with Gasteiger partial charge in [0.1, 0.15) is 6.04 Å². The Kier molecular flexibility index (Phi) is 11.6. The van der Waals surface area contributed by atoms with E-state index in [9.17, 15) is 41.7 Å². The van der Waals surface area contributed by atoms with Gasteiger partial charge in [-0.2, -0.15) is 8.42 Å². The van der Waals surface area contributed by atoms with Crippen LogP contribution in [0.5, 0.6) is 0 Å². The van der Waals surface area contributed by atoms with Gasteiger partial charge in [-0.05, 0) is 25.2 Å². The third-order valence-corrected chi connectivity index (χ3v) is 6.92. The molecular formula is C23H37N5O9S. The molecule has 1 aliphatic rings. The minimum absolute atomic E-state index is 0.153. The molecule has 0 bridgehead atoms. The second-order valence-corrected chi connectivity index (χ2v) is 11.9. The summed E-state index contributed by atoms with van der Waals surface area (Å²) in [5, 5.41) is 5.23. The summed E-state index contributed by atoms with van der Waals surface area (Å²) >= 11 is 0. The minimum Gasteiger partial charge on any atom is -0.352 e. The van der Waals surface area contributed by atoms with Crippen molar-refractivity contribution in [3.8, 4) is 0 Å². The number of carbonyl (C=O) groups is 6. The lowest BCUT2D eigenvalue weighted by atomic mass is 9.84. The number of Topliss-reactive ketones (excluding diaryl/α,β-unsaturated/α-hetero) is 1. The smallest absolute Gasteiger partial charge is 0.312 e. The fourth-order valence-electron chi connectivity index (χ4n) is 3.67. The lowest BCUT2D eigenvalue weighted by molar-refractivity contribution is -0.137. The van der Waals surface area contributed by atoms with Gasteiger partial charge in [0.2, 0.25) is 11.8 Å². The first-order valence-corrected chi connectivity index (χ1v) is 13.5. The molecule has 0 fully saturated rings. The summed E-state index contributed by atoms with van der Waals surface area (Å²) in [6, 6.07) is -3.01. The molecule has 3 atom stereocenters. The van der Waals surface area contributed by atoms with Crippen LogP contribution in [0.25, 0.3) is 0 Å². The number of hydrogen-bond acceptors (Lipinski definition) is 8. The molecule has 38 heavy (non-hydrogen) atoms. The van der Waals surface area contributed by atoms with Gasteiger partial charge in [0.05, 0.1) is 6.04 Å². The first kappa shape index (κ1) is 32.7. The van der Waals surface area contributed by atoms with E-state index in [2.05, 4.69) is 16.0 Å². The van der Waals surface area contributed by atoms with Gasteiger partial charge in [0, 0.05) is 30.7 Å². The summed E-state index contributed by atoms with van der Waals surface area (Å²) in [6.45, 7) is 7.87. The average molecular weight is 560 g/mol. The molecule has 0 aromatic rings. The van der Waals surface area contributed by atoms with Crippen LogP contribution in [0.3, 0.4) is 0 Å². The predicted octanol–water partition coefficient (Wildman–Crippen LogP) is -0.753. The zero-order chi connectivity index (χ0) is 29.4. The zero-order valence-electron chi connectivity index (χ0n) is 22.1. The van der Waals surface area contributed by atoms with Crippen molar-refractivity contribution in [2.45, 2.75) is 71.2 Å². The number of nitrogens with two attached hydrogens (primary N) is 1. The molecule has 6 N–H and O–H groups in total. The molecule has 1 rings (SSSR count). The van der Waals surface area contributed by atoms with E-state index in [0.717, 1.165) is 12.2 Å². The van der Waals surface area contributed by atoms with Crippen molar-refractivity contribution in [2.75, 3.05) is 13.1 Å².